The van der Waals surface area contributed by atoms with Crippen LogP contribution in [0.5, 0.6) is 0 Å². The minimum atomic E-state index is -0.222. The number of carbonyl (C=O) groups is 1. The van der Waals surface area contributed by atoms with Gasteiger partial charge in [-0.3, -0.25) is 10.2 Å². The van der Waals surface area contributed by atoms with E-state index in [4.69, 9.17) is 11.6 Å². The summed E-state index contributed by atoms with van der Waals surface area (Å²) in [5, 5.41) is 1.41. The highest BCUT2D eigenvalue weighted by atomic mass is 79.9. The molecule has 1 unspecified atom stereocenters. The molecule has 3 nitrogen and oxygen atoms in total. The van der Waals surface area contributed by atoms with Gasteiger partial charge in [0.2, 0.25) is 0 Å². The highest BCUT2D eigenvalue weighted by Gasteiger charge is 2.17. The average Bonchev–Trinajstić information content (AvgIpc) is 2.90. The van der Waals surface area contributed by atoms with E-state index in [1.165, 1.54) is 11.3 Å². The van der Waals surface area contributed by atoms with Crippen molar-refractivity contribution in [3.63, 3.8) is 0 Å². The summed E-state index contributed by atoms with van der Waals surface area (Å²) in [6, 6.07) is 15.7. The minimum absolute atomic E-state index is 0.0137. The SMILES string of the molecule is CC(NNC(=O)c1sc2ccccc2c1Cl)c1ccc(Br)cc1. The van der Waals surface area contributed by atoms with E-state index in [0.717, 1.165) is 20.1 Å². The van der Waals surface area contributed by atoms with Gasteiger partial charge in [-0.25, -0.2) is 5.43 Å². The summed E-state index contributed by atoms with van der Waals surface area (Å²) >= 11 is 11.1. The van der Waals surface area contributed by atoms with E-state index in [0.29, 0.717) is 9.90 Å². The zero-order valence-corrected chi connectivity index (χ0v) is 15.4. The molecule has 23 heavy (non-hydrogen) atoms. The lowest BCUT2D eigenvalue weighted by molar-refractivity contribution is 0.0930. The van der Waals surface area contributed by atoms with Crippen molar-refractivity contribution in [3.05, 3.63) is 68.5 Å². The Bertz CT molecular complexity index is 847. The van der Waals surface area contributed by atoms with Crippen LogP contribution in [0.25, 0.3) is 10.1 Å². The normalized spacial score (nSPS) is 12.3. The van der Waals surface area contributed by atoms with Gasteiger partial charge in [0, 0.05) is 20.6 Å². The Labute approximate surface area is 151 Å². The lowest BCUT2D eigenvalue weighted by Crippen LogP contribution is -2.38. The number of benzene rings is 2. The van der Waals surface area contributed by atoms with Crippen LogP contribution in [0.1, 0.15) is 28.2 Å². The van der Waals surface area contributed by atoms with E-state index in [1.807, 2.05) is 55.5 Å². The summed E-state index contributed by atoms with van der Waals surface area (Å²) < 4.78 is 2.03. The Morgan fingerprint density at radius 1 is 1.17 bits per heavy atom. The van der Waals surface area contributed by atoms with Gasteiger partial charge in [0.05, 0.1) is 5.02 Å². The van der Waals surface area contributed by atoms with E-state index in [1.54, 1.807) is 0 Å². The number of nitrogens with one attached hydrogen (secondary N) is 2. The Kier molecular flexibility index (Phi) is 5.02. The molecule has 2 N–H and O–H groups in total. The first-order valence-corrected chi connectivity index (χ1v) is 9.03. The fourth-order valence-corrected chi connectivity index (χ4v) is 3.90. The first-order valence-electron chi connectivity index (χ1n) is 7.04. The first kappa shape index (κ1) is 16.5. The minimum Gasteiger partial charge on any atom is -0.286 e. The van der Waals surface area contributed by atoms with E-state index >= 15 is 0 Å². The van der Waals surface area contributed by atoms with Gasteiger partial charge in [0.25, 0.3) is 5.91 Å². The number of hydrazine groups is 1. The largest absolute Gasteiger partial charge is 0.286 e. The molecular weight excluding hydrogens is 396 g/mol. The molecule has 0 aliphatic heterocycles. The third-order valence-electron chi connectivity index (χ3n) is 3.51. The summed E-state index contributed by atoms with van der Waals surface area (Å²) in [6.45, 7) is 1.98. The molecule has 0 spiro atoms. The highest BCUT2D eigenvalue weighted by Crippen LogP contribution is 2.34. The number of fused-ring (bicyclic) bond motifs is 1. The Morgan fingerprint density at radius 2 is 1.87 bits per heavy atom. The molecule has 0 aliphatic rings. The smallest absolute Gasteiger partial charge is 0.277 e. The van der Waals surface area contributed by atoms with Crippen molar-refractivity contribution >= 4 is 54.9 Å². The second-order valence-corrected chi connectivity index (χ2v) is 7.46. The van der Waals surface area contributed by atoms with Crippen LogP contribution in [-0.4, -0.2) is 5.91 Å². The molecule has 1 amide bonds. The van der Waals surface area contributed by atoms with Gasteiger partial charge in [-0.15, -0.1) is 11.3 Å². The molecule has 3 aromatic rings. The predicted octanol–water partition coefficient (Wildman–Crippen LogP) is 5.31. The quantitative estimate of drug-likeness (QED) is 0.573. The van der Waals surface area contributed by atoms with Gasteiger partial charge in [-0.2, -0.15) is 0 Å². The number of hydrogen-bond donors (Lipinski definition) is 2. The van der Waals surface area contributed by atoms with Crippen molar-refractivity contribution in [2.24, 2.45) is 0 Å². The van der Waals surface area contributed by atoms with Crippen LogP contribution in [0.3, 0.4) is 0 Å². The van der Waals surface area contributed by atoms with Crippen LogP contribution in [0.4, 0.5) is 0 Å². The molecule has 6 heteroatoms. The standard InChI is InChI=1S/C17H14BrClN2OS/c1-10(11-6-8-12(18)9-7-11)20-21-17(22)16-15(19)13-4-2-3-5-14(13)23-16/h2-10,20H,1H3,(H,21,22). The van der Waals surface area contributed by atoms with Gasteiger partial charge in [-0.05, 0) is 30.7 Å². The van der Waals surface area contributed by atoms with Crippen LogP contribution >= 0.6 is 38.9 Å². The maximum Gasteiger partial charge on any atom is 0.277 e. The molecule has 1 aromatic heterocycles. The number of carbonyl (C=O) groups excluding carboxylic acids is 1. The van der Waals surface area contributed by atoms with Crippen molar-refractivity contribution in [1.82, 2.24) is 10.9 Å². The van der Waals surface area contributed by atoms with E-state index in [-0.39, 0.29) is 11.9 Å². The maximum atomic E-state index is 12.4. The number of halogens is 2. The van der Waals surface area contributed by atoms with Crippen molar-refractivity contribution in [2.45, 2.75) is 13.0 Å². The van der Waals surface area contributed by atoms with E-state index in [9.17, 15) is 4.79 Å². The molecule has 0 fully saturated rings. The maximum absolute atomic E-state index is 12.4. The predicted molar refractivity (Wildman–Crippen MR) is 100.0 cm³/mol. The average molecular weight is 410 g/mol. The molecule has 0 saturated heterocycles. The van der Waals surface area contributed by atoms with Crippen molar-refractivity contribution in [2.75, 3.05) is 0 Å². The van der Waals surface area contributed by atoms with E-state index in [2.05, 4.69) is 26.8 Å². The summed E-state index contributed by atoms with van der Waals surface area (Å²) in [5.41, 5.74) is 6.84. The lowest BCUT2D eigenvalue weighted by Gasteiger charge is -2.15. The van der Waals surface area contributed by atoms with Crippen LogP contribution in [0.2, 0.25) is 5.02 Å². The fourth-order valence-electron chi connectivity index (χ4n) is 2.23. The lowest BCUT2D eigenvalue weighted by atomic mass is 10.1. The number of thiophene rings is 1. The first-order chi connectivity index (χ1) is 11.1. The third kappa shape index (κ3) is 3.58. The van der Waals surface area contributed by atoms with Crippen LogP contribution < -0.4 is 10.9 Å². The second kappa shape index (κ2) is 7.01. The fraction of sp³-hybridized carbons (Fsp3) is 0.118. The van der Waals surface area contributed by atoms with Gasteiger partial charge in [-0.1, -0.05) is 57.9 Å². The topological polar surface area (TPSA) is 41.1 Å². The summed E-state index contributed by atoms with van der Waals surface area (Å²) in [4.78, 5) is 12.9. The van der Waals surface area contributed by atoms with Crippen molar-refractivity contribution in [1.29, 1.82) is 0 Å². The van der Waals surface area contributed by atoms with Crippen molar-refractivity contribution < 1.29 is 4.79 Å². The second-order valence-electron chi connectivity index (χ2n) is 5.11. The Morgan fingerprint density at radius 3 is 2.57 bits per heavy atom. The molecular formula is C17H14BrClN2OS. The molecule has 0 bridgehead atoms. The highest BCUT2D eigenvalue weighted by molar-refractivity contribution is 9.10. The summed E-state index contributed by atoms with van der Waals surface area (Å²) in [6.07, 6.45) is 0. The Balaban J connectivity index is 1.71. The summed E-state index contributed by atoms with van der Waals surface area (Å²) in [7, 11) is 0. The zero-order chi connectivity index (χ0) is 16.4. The van der Waals surface area contributed by atoms with Gasteiger partial charge in [0.15, 0.2) is 0 Å². The molecule has 0 radical (unpaired) electrons. The van der Waals surface area contributed by atoms with Gasteiger partial charge in [0.1, 0.15) is 4.88 Å². The number of rotatable bonds is 4. The Hall–Kier alpha value is -1.40. The molecule has 1 atom stereocenters. The summed E-state index contributed by atoms with van der Waals surface area (Å²) in [5.74, 6) is -0.222. The molecule has 0 aliphatic carbocycles. The monoisotopic (exact) mass is 408 g/mol. The molecule has 1 heterocycles. The molecule has 3 rings (SSSR count). The van der Waals surface area contributed by atoms with Crippen molar-refractivity contribution in [3.8, 4) is 0 Å². The molecule has 0 saturated carbocycles. The zero-order valence-electron chi connectivity index (χ0n) is 12.3. The van der Waals surface area contributed by atoms with Crippen LogP contribution in [0.15, 0.2) is 53.0 Å². The molecule has 118 valence electrons. The van der Waals surface area contributed by atoms with Crippen LogP contribution in [-0.2, 0) is 0 Å². The van der Waals surface area contributed by atoms with Gasteiger partial charge < -0.3 is 0 Å². The number of amides is 1. The van der Waals surface area contributed by atoms with Crippen LogP contribution in [0, 0.1) is 0 Å². The van der Waals surface area contributed by atoms with E-state index < -0.39 is 0 Å². The third-order valence-corrected chi connectivity index (χ3v) is 5.72. The molecule has 2 aromatic carbocycles. The number of hydrogen-bond acceptors (Lipinski definition) is 3. The van der Waals surface area contributed by atoms with Gasteiger partial charge >= 0.3 is 0 Å².